The summed E-state index contributed by atoms with van der Waals surface area (Å²) in [5, 5.41) is 4.04. The van der Waals surface area contributed by atoms with Gasteiger partial charge in [0.2, 0.25) is 5.91 Å². The summed E-state index contributed by atoms with van der Waals surface area (Å²) < 4.78 is 29.4. The number of hydrogen-bond acceptors (Lipinski definition) is 5. The molecule has 1 amide bonds. The van der Waals surface area contributed by atoms with Crippen LogP contribution >= 0.6 is 0 Å². The molecule has 34 heavy (non-hydrogen) atoms. The largest absolute Gasteiger partial charge is 0.497 e. The lowest BCUT2D eigenvalue weighted by Gasteiger charge is -2.11. The van der Waals surface area contributed by atoms with Gasteiger partial charge in [0, 0.05) is 6.42 Å². The number of benzene rings is 3. The Labute approximate surface area is 199 Å². The third-order valence-electron chi connectivity index (χ3n) is 5.30. The van der Waals surface area contributed by atoms with Gasteiger partial charge >= 0.3 is 0 Å². The van der Waals surface area contributed by atoms with Gasteiger partial charge in [0.25, 0.3) is 0 Å². The molecule has 0 aliphatic carbocycles. The highest BCUT2D eigenvalue weighted by molar-refractivity contribution is 5.83. The van der Waals surface area contributed by atoms with E-state index in [1.807, 2.05) is 31.2 Å². The van der Waals surface area contributed by atoms with Crippen LogP contribution in [-0.4, -0.2) is 26.3 Å². The first-order valence-electron chi connectivity index (χ1n) is 11.0. The molecule has 0 saturated heterocycles. The Morgan fingerprint density at radius 2 is 1.79 bits per heavy atom. The van der Waals surface area contributed by atoms with Crippen LogP contribution in [0.2, 0.25) is 0 Å². The van der Waals surface area contributed by atoms with E-state index in [0.29, 0.717) is 17.9 Å². The quantitative estimate of drug-likeness (QED) is 0.313. The standard InChI is InChI=1S/C27H29FN2O4/c1-19-15-24(32-2)13-10-22(19)5-4-6-27(31)30-29-17-21-9-14-25(26(16-21)33-3)34-18-20-7-11-23(28)12-8-20/h7-17H,4-6,18H2,1-3H3,(H,30,31)/b29-17-. The smallest absolute Gasteiger partial charge is 0.240 e. The number of carbonyl (C=O) groups excluding carboxylic acids is 1. The molecular weight excluding hydrogens is 435 g/mol. The number of amides is 1. The van der Waals surface area contributed by atoms with Crippen molar-refractivity contribution in [3.05, 3.63) is 88.7 Å². The topological polar surface area (TPSA) is 69.2 Å². The van der Waals surface area contributed by atoms with Gasteiger partial charge in [-0.3, -0.25) is 4.79 Å². The van der Waals surface area contributed by atoms with Crippen molar-refractivity contribution in [2.75, 3.05) is 14.2 Å². The van der Waals surface area contributed by atoms with Crippen LogP contribution in [-0.2, 0) is 17.8 Å². The zero-order valence-electron chi connectivity index (χ0n) is 19.6. The number of nitrogens with zero attached hydrogens (tertiary/aromatic N) is 1. The predicted octanol–water partition coefficient (Wildman–Crippen LogP) is 5.20. The number of halogens is 1. The molecule has 3 aromatic carbocycles. The van der Waals surface area contributed by atoms with Crippen LogP contribution in [0.25, 0.3) is 0 Å². The number of carbonyl (C=O) groups is 1. The van der Waals surface area contributed by atoms with Gasteiger partial charge in [-0.05, 0) is 84.5 Å². The average molecular weight is 465 g/mol. The van der Waals surface area contributed by atoms with Gasteiger partial charge in [0.15, 0.2) is 11.5 Å². The maximum Gasteiger partial charge on any atom is 0.240 e. The number of nitrogens with one attached hydrogen (secondary N) is 1. The molecule has 0 saturated carbocycles. The number of methoxy groups -OCH3 is 2. The van der Waals surface area contributed by atoms with Gasteiger partial charge in [-0.15, -0.1) is 0 Å². The fourth-order valence-electron chi connectivity index (χ4n) is 3.38. The Hall–Kier alpha value is -3.87. The Kier molecular flexibility index (Phi) is 9.03. The van der Waals surface area contributed by atoms with Crippen molar-refractivity contribution in [1.82, 2.24) is 5.43 Å². The van der Waals surface area contributed by atoms with Crippen LogP contribution in [0.1, 0.15) is 35.1 Å². The molecule has 3 rings (SSSR count). The molecule has 0 bridgehead atoms. The monoisotopic (exact) mass is 464 g/mol. The van der Waals surface area contributed by atoms with Gasteiger partial charge in [-0.25, -0.2) is 9.82 Å². The van der Waals surface area contributed by atoms with Crippen LogP contribution in [0.5, 0.6) is 17.2 Å². The van der Waals surface area contributed by atoms with E-state index < -0.39 is 0 Å². The average Bonchev–Trinajstić information content (AvgIpc) is 2.85. The molecule has 6 nitrogen and oxygen atoms in total. The highest BCUT2D eigenvalue weighted by Crippen LogP contribution is 2.28. The molecule has 1 N–H and O–H groups in total. The second kappa shape index (κ2) is 12.4. The lowest BCUT2D eigenvalue weighted by molar-refractivity contribution is -0.121. The summed E-state index contributed by atoms with van der Waals surface area (Å²) in [7, 11) is 3.20. The Morgan fingerprint density at radius 1 is 1.00 bits per heavy atom. The highest BCUT2D eigenvalue weighted by Gasteiger charge is 2.07. The summed E-state index contributed by atoms with van der Waals surface area (Å²) in [5.74, 6) is 1.49. The van der Waals surface area contributed by atoms with E-state index in [1.165, 1.54) is 17.7 Å². The highest BCUT2D eigenvalue weighted by atomic mass is 19.1. The fraction of sp³-hybridized carbons (Fsp3) is 0.259. The van der Waals surface area contributed by atoms with Crippen LogP contribution in [0.3, 0.4) is 0 Å². The maximum atomic E-state index is 13.0. The fourth-order valence-corrected chi connectivity index (χ4v) is 3.38. The second-order valence-electron chi connectivity index (χ2n) is 7.76. The van der Waals surface area contributed by atoms with Crippen molar-refractivity contribution < 1.29 is 23.4 Å². The first-order chi connectivity index (χ1) is 16.5. The van der Waals surface area contributed by atoms with Crippen molar-refractivity contribution in [2.24, 2.45) is 5.10 Å². The zero-order chi connectivity index (χ0) is 24.3. The van der Waals surface area contributed by atoms with E-state index in [-0.39, 0.29) is 18.3 Å². The first kappa shape index (κ1) is 24.8. The second-order valence-corrected chi connectivity index (χ2v) is 7.76. The van der Waals surface area contributed by atoms with Crippen LogP contribution in [0.15, 0.2) is 65.8 Å². The molecule has 0 radical (unpaired) electrons. The summed E-state index contributed by atoms with van der Waals surface area (Å²) in [6.45, 7) is 2.33. The molecule has 7 heteroatoms. The van der Waals surface area contributed by atoms with Gasteiger partial charge in [0.1, 0.15) is 18.2 Å². The zero-order valence-corrected chi connectivity index (χ0v) is 19.6. The number of rotatable bonds is 11. The van der Waals surface area contributed by atoms with Crippen molar-refractivity contribution in [1.29, 1.82) is 0 Å². The molecule has 0 heterocycles. The van der Waals surface area contributed by atoms with E-state index in [9.17, 15) is 9.18 Å². The molecule has 0 fully saturated rings. The van der Waals surface area contributed by atoms with Gasteiger partial charge in [0.05, 0.1) is 20.4 Å². The van der Waals surface area contributed by atoms with Crippen molar-refractivity contribution in [3.8, 4) is 17.2 Å². The van der Waals surface area contributed by atoms with E-state index in [2.05, 4.69) is 10.5 Å². The molecule has 0 unspecified atom stereocenters. The molecule has 0 aromatic heterocycles. The summed E-state index contributed by atoms with van der Waals surface area (Å²) in [6, 6.07) is 17.4. The molecule has 0 aliphatic rings. The third-order valence-corrected chi connectivity index (χ3v) is 5.30. The van der Waals surface area contributed by atoms with E-state index >= 15 is 0 Å². The lowest BCUT2D eigenvalue weighted by Crippen LogP contribution is -2.17. The van der Waals surface area contributed by atoms with Gasteiger partial charge < -0.3 is 14.2 Å². The van der Waals surface area contributed by atoms with Crippen LogP contribution in [0, 0.1) is 12.7 Å². The minimum atomic E-state index is -0.288. The Bertz CT molecular complexity index is 1130. The van der Waals surface area contributed by atoms with E-state index in [1.54, 1.807) is 44.7 Å². The molecule has 0 spiro atoms. The summed E-state index contributed by atoms with van der Waals surface area (Å²) in [4.78, 5) is 12.1. The number of aryl methyl sites for hydroxylation is 2. The third kappa shape index (κ3) is 7.33. The molecule has 0 atom stereocenters. The Balaban J connectivity index is 1.46. The number of hydrogen-bond donors (Lipinski definition) is 1. The minimum absolute atomic E-state index is 0.145. The van der Waals surface area contributed by atoms with Gasteiger partial charge in [-0.1, -0.05) is 18.2 Å². The summed E-state index contributed by atoms with van der Waals surface area (Å²) in [5.41, 5.74) is 6.51. The Morgan fingerprint density at radius 3 is 2.50 bits per heavy atom. The SMILES string of the molecule is COc1ccc(CCCC(=O)N/N=C\c2ccc(OCc3ccc(F)cc3)c(OC)c2)c(C)c1. The normalized spacial score (nSPS) is 10.8. The summed E-state index contributed by atoms with van der Waals surface area (Å²) in [6.07, 6.45) is 3.46. The lowest BCUT2D eigenvalue weighted by atomic mass is 10.0. The molecule has 3 aromatic rings. The van der Waals surface area contributed by atoms with E-state index in [0.717, 1.165) is 35.3 Å². The van der Waals surface area contributed by atoms with Crippen molar-refractivity contribution in [2.45, 2.75) is 32.8 Å². The van der Waals surface area contributed by atoms with Crippen molar-refractivity contribution >= 4 is 12.1 Å². The number of ether oxygens (including phenoxy) is 3. The van der Waals surface area contributed by atoms with Crippen LogP contribution in [0.4, 0.5) is 4.39 Å². The maximum absolute atomic E-state index is 13.0. The van der Waals surface area contributed by atoms with Gasteiger partial charge in [-0.2, -0.15) is 5.10 Å². The van der Waals surface area contributed by atoms with E-state index in [4.69, 9.17) is 14.2 Å². The molecule has 178 valence electrons. The predicted molar refractivity (Wildman–Crippen MR) is 130 cm³/mol. The molecule has 0 aliphatic heterocycles. The summed E-state index contributed by atoms with van der Waals surface area (Å²) >= 11 is 0. The molecular formula is C27H29FN2O4. The first-order valence-corrected chi connectivity index (χ1v) is 11.0. The minimum Gasteiger partial charge on any atom is -0.497 e. The van der Waals surface area contributed by atoms with Crippen LogP contribution < -0.4 is 19.6 Å². The van der Waals surface area contributed by atoms with Crippen molar-refractivity contribution in [3.63, 3.8) is 0 Å². The number of hydrazone groups is 1.